The van der Waals surface area contributed by atoms with Gasteiger partial charge in [-0.3, -0.25) is 4.79 Å². The molecule has 1 aromatic carbocycles. The number of ether oxygens (including phenoxy) is 1. The Balaban J connectivity index is 1.69. The maximum atomic E-state index is 13.1. The molecule has 0 radical (unpaired) electrons. The van der Waals surface area contributed by atoms with Crippen molar-refractivity contribution in [1.29, 1.82) is 0 Å². The first kappa shape index (κ1) is 22.5. The predicted octanol–water partition coefficient (Wildman–Crippen LogP) is 5.54. The van der Waals surface area contributed by atoms with Crippen LogP contribution < -0.4 is 0 Å². The van der Waals surface area contributed by atoms with Gasteiger partial charge < -0.3 is 25.2 Å². The number of phenols is 2. The van der Waals surface area contributed by atoms with Crippen LogP contribution in [0, 0.1) is 17.3 Å². The highest BCUT2D eigenvalue weighted by molar-refractivity contribution is 5.95. The third-order valence-corrected chi connectivity index (χ3v) is 7.60. The fourth-order valence-corrected chi connectivity index (χ4v) is 5.37. The molecular formula is C26H32O6. The van der Waals surface area contributed by atoms with Crippen LogP contribution in [0.1, 0.15) is 64.5 Å². The normalized spacial score (nSPS) is 32.1. The topological polar surface area (TPSA) is 107 Å². The van der Waals surface area contributed by atoms with E-state index < -0.39 is 18.1 Å². The summed E-state index contributed by atoms with van der Waals surface area (Å²) in [4.78, 5) is 13.1. The average Bonchev–Trinajstić information content (AvgIpc) is 2.71. The van der Waals surface area contributed by atoms with E-state index in [-0.39, 0.29) is 46.2 Å². The van der Waals surface area contributed by atoms with E-state index in [9.17, 15) is 25.2 Å². The van der Waals surface area contributed by atoms with Gasteiger partial charge in [0.15, 0.2) is 5.78 Å². The van der Waals surface area contributed by atoms with Gasteiger partial charge in [-0.1, -0.05) is 18.6 Å². The van der Waals surface area contributed by atoms with E-state index in [1.165, 1.54) is 23.8 Å². The number of allylic oxidation sites excluding steroid dienone is 3. The van der Waals surface area contributed by atoms with Crippen molar-refractivity contribution in [2.75, 3.05) is 0 Å². The van der Waals surface area contributed by atoms with E-state index in [0.29, 0.717) is 17.9 Å². The number of benzene rings is 1. The van der Waals surface area contributed by atoms with Gasteiger partial charge in [0.05, 0.1) is 17.6 Å². The van der Waals surface area contributed by atoms with Crippen LogP contribution in [-0.2, 0) is 9.53 Å². The molecule has 1 saturated carbocycles. The zero-order valence-corrected chi connectivity index (χ0v) is 18.8. The number of hydrogen-bond acceptors (Lipinski definition) is 6. The molecule has 0 saturated heterocycles. The second kappa shape index (κ2) is 8.32. The molecular weight excluding hydrogens is 408 g/mol. The lowest BCUT2D eigenvalue weighted by Gasteiger charge is -2.51. The van der Waals surface area contributed by atoms with E-state index in [2.05, 4.69) is 26.8 Å². The minimum absolute atomic E-state index is 0.0178. The van der Waals surface area contributed by atoms with E-state index in [4.69, 9.17) is 4.74 Å². The minimum atomic E-state index is -0.796. The Morgan fingerprint density at radius 2 is 1.97 bits per heavy atom. The smallest absolute Gasteiger partial charge is 0.165 e. The van der Waals surface area contributed by atoms with Crippen LogP contribution in [0.15, 0.2) is 53.0 Å². The molecule has 4 N–H and O–H groups in total. The molecule has 4 unspecified atom stereocenters. The van der Waals surface area contributed by atoms with Crippen LogP contribution in [0.5, 0.6) is 11.5 Å². The first-order chi connectivity index (χ1) is 15.1. The van der Waals surface area contributed by atoms with E-state index in [1.807, 2.05) is 0 Å². The van der Waals surface area contributed by atoms with Gasteiger partial charge in [0.25, 0.3) is 0 Å². The fraction of sp³-hybridized carbons (Fsp3) is 0.500. The van der Waals surface area contributed by atoms with E-state index in [0.717, 1.165) is 19.3 Å². The number of carbonyl (C=O) groups is 1. The molecule has 1 heterocycles. The summed E-state index contributed by atoms with van der Waals surface area (Å²) in [6.07, 6.45) is 5.64. The number of aliphatic hydroxyl groups is 2. The number of aromatic hydroxyl groups is 2. The zero-order valence-electron chi connectivity index (χ0n) is 18.8. The molecule has 6 nitrogen and oxygen atoms in total. The van der Waals surface area contributed by atoms with Crippen molar-refractivity contribution >= 4 is 5.78 Å². The summed E-state index contributed by atoms with van der Waals surface area (Å²) in [5.74, 6) is -0.765. The van der Waals surface area contributed by atoms with Gasteiger partial charge in [-0.25, -0.2) is 0 Å². The monoisotopic (exact) mass is 440 g/mol. The molecule has 0 aromatic heterocycles. The molecule has 4 rings (SSSR count). The Bertz CT molecular complexity index is 1020. The molecule has 172 valence electrons. The van der Waals surface area contributed by atoms with Gasteiger partial charge in [0.1, 0.15) is 29.1 Å². The molecule has 3 aliphatic rings. The molecule has 1 aromatic rings. The predicted molar refractivity (Wildman–Crippen MR) is 120 cm³/mol. The lowest BCUT2D eigenvalue weighted by molar-refractivity contribution is -0.132. The summed E-state index contributed by atoms with van der Waals surface area (Å²) in [5, 5.41) is 41.2. The maximum absolute atomic E-state index is 13.1. The van der Waals surface area contributed by atoms with E-state index in [1.54, 1.807) is 6.07 Å². The molecule has 32 heavy (non-hydrogen) atoms. The fourth-order valence-electron chi connectivity index (χ4n) is 5.37. The Kier molecular flexibility index (Phi) is 5.84. The lowest BCUT2D eigenvalue weighted by atomic mass is 9.54. The summed E-state index contributed by atoms with van der Waals surface area (Å²) < 4.78 is 6.30. The quantitative estimate of drug-likeness (QED) is 0.448. The van der Waals surface area contributed by atoms with Crippen LogP contribution >= 0.6 is 0 Å². The summed E-state index contributed by atoms with van der Waals surface area (Å²) >= 11 is 0. The van der Waals surface area contributed by atoms with Gasteiger partial charge in [0, 0.05) is 24.1 Å². The third kappa shape index (κ3) is 3.92. The summed E-state index contributed by atoms with van der Waals surface area (Å²) in [7, 11) is 0. The van der Waals surface area contributed by atoms with Crippen LogP contribution in [0.3, 0.4) is 0 Å². The average molecular weight is 441 g/mol. The minimum Gasteiger partial charge on any atom is -0.512 e. The number of phenolic OH excluding ortho intramolecular Hbond substituents is 2. The number of ketones is 1. The Labute approximate surface area is 188 Å². The van der Waals surface area contributed by atoms with Gasteiger partial charge >= 0.3 is 0 Å². The molecule has 1 fully saturated rings. The number of hydrogen-bond donors (Lipinski definition) is 4. The van der Waals surface area contributed by atoms with Gasteiger partial charge in [-0.05, 0) is 63.0 Å². The van der Waals surface area contributed by atoms with Gasteiger partial charge in [-0.15, -0.1) is 0 Å². The van der Waals surface area contributed by atoms with Crippen molar-refractivity contribution in [3.8, 4) is 11.5 Å². The van der Waals surface area contributed by atoms with Crippen LogP contribution in [0.2, 0.25) is 0 Å². The SMILES string of the molecule is CC(C)=CCC1(CC2C(=O)C=C(O)C3=C(O)C[C@@H](c4ccc(O)cc4O)OC32)CCC1C. The highest BCUT2D eigenvalue weighted by atomic mass is 16.5. The standard InChI is InChI=1S/C26H32O6/c1-14(2)6-8-26(9-7-15(26)3)13-18-20(29)11-21(30)24-22(31)12-23(32-25(18)24)17-5-4-16(27)10-19(17)28/h4-6,10-11,15,18,23,25,27-28,30-31H,7-9,12-13H2,1-3H3/t15?,18?,23-,25?,26?/m0/s1. The van der Waals surface area contributed by atoms with Crippen molar-refractivity contribution in [1.82, 2.24) is 0 Å². The maximum Gasteiger partial charge on any atom is 0.165 e. The molecule has 0 bridgehead atoms. The second-order valence-corrected chi connectivity index (χ2v) is 9.88. The van der Waals surface area contributed by atoms with Crippen LogP contribution in [-0.4, -0.2) is 32.3 Å². The summed E-state index contributed by atoms with van der Waals surface area (Å²) in [5.41, 5.74) is 1.92. The number of rotatable bonds is 5. The lowest BCUT2D eigenvalue weighted by Crippen LogP contribution is -2.47. The highest BCUT2D eigenvalue weighted by Crippen LogP contribution is 2.56. The molecule has 2 aliphatic carbocycles. The first-order valence-electron chi connectivity index (χ1n) is 11.3. The Hall–Kier alpha value is -2.73. The zero-order chi connectivity index (χ0) is 23.2. The Morgan fingerprint density at radius 3 is 2.56 bits per heavy atom. The van der Waals surface area contributed by atoms with Crippen molar-refractivity contribution in [3.63, 3.8) is 0 Å². The Morgan fingerprint density at radius 1 is 1.22 bits per heavy atom. The molecule has 5 atom stereocenters. The molecule has 0 spiro atoms. The van der Waals surface area contributed by atoms with Crippen LogP contribution in [0.25, 0.3) is 0 Å². The summed E-state index contributed by atoms with van der Waals surface area (Å²) in [6.45, 7) is 6.36. The second-order valence-electron chi connectivity index (χ2n) is 9.88. The van der Waals surface area contributed by atoms with Crippen LogP contribution in [0.4, 0.5) is 0 Å². The number of aliphatic hydroxyl groups excluding tert-OH is 2. The first-order valence-corrected chi connectivity index (χ1v) is 11.3. The van der Waals surface area contributed by atoms with Gasteiger partial charge in [0.2, 0.25) is 0 Å². The van der Waals surface area contributed by atoms with Crippen molar-refractivity contribution in [2.45, 2.75) is 65.1 Å². The van der Waals surface area contributed by atoms with Crippen molar-refractivity contribution in [2.24, 2.45) is 17.3 Å². The molecule has 1 aliphatic heterocycles. The third-order valence-electron chi connectivity index (χ3n) is 7.60. The van der Waals surface area contributed by atoms with Crippen molar-refractivity contribution in [3.05, 3.63) is 58.6 Å². The summed E-state index contributed by atoms with van der Waals surface area (Å²) in [6, 6.07) is 4.22. The van der Waals surface area contributed by atoms with Crippen molar-refractivity contribution < 1.29 is 30.0 Å². The highest BCUT2D eigenvalue weighted by Gasteiger charge is 2.50. The van der Waals surface area contributed by atoms with Gasteiger partial charge in [-0.2, -0.15) is 0 Å². The molecule has 6 heteroatoms. The largest absolute Gasteiger partial charge is 0.512 e. The number of carbonyl (C=O) groups excluding carboxylic acids is 1. The number of fused-ring (bicyclic) bond motifs is 1. The molecule has 0 amide bonds. The van der Waals surface area contributed by atoms with E-state index >= 15 is 0 Å².